The summed E-state index contributed by atoms with van der Waals surface area (Å²) in [6, 6.07) is 8.13. The zero-order valence-electron chi connectivity index (χ0n) is 14.0. The van der Waals surface area contributed by atoms with Gasteiger partial charge in [0.05, 0.1) is 5.56 Å². The van der Waals surface area contributed by atoms with Crippen LogP contribution in [0.4, 0.5) is 0 Å². The molecule has 0 amide bonds. The van der Waals surface area contributed by atoms with Crippen molar-refractivity contribution in [2.24, 2.45) is 5.92 Å². The summed E-state index contributed by atoms with van der Waals surface area (Å²) in [5.74, 6) is 0.129. The van der Waals surface area contributed by atoms with Crippen LogP contribution in [0.3, 0.4) is 0 Å². The summed E-state index contributed by atoms with van der Waals surface area (Å²) < 4.78 is 0. The third kappa shape index (κ3) is 4.57. The Morgan fingerprint density at radius 2 is 1.74 bits per heavy atom. The molecule has 3 heteroatoms. The molecular formula is C20H29NO2. The molecule has 3 nitrogen and oxygen atoms in total. The van der Waals surface area contributed by atoms with E-state index in [9.17, 15) is 4.79 Å². The van der Waals surface area contributed by atoms with Crippen LogP contribution < -0.4 is 0 Å². The van der Waals surface area contributed by atoms with Crippen LogP contribution in [0.25, 0.3) is 0 Å². The van der Waals surface area contributed by atoms with E-state index in [1.807, 2.05) is 12.1 Å². The summed E-state index contributed by atoms with van der Waals surface area (Å²) in [5.41, 5.74) is 1.61. The summed E-state index contributed by atoms with van der Waals surface area (Å²) in [5, 5.41) is 8.99. The van der Waals surface area contributed by atoms with Crippen molar-refractivity contribution >= 4 is 5.97 Å². The zero-order chi connectivity index (χ0) is 16.1. The predicted octanol–water partition coefficient (Wildman–Crippen LogP) is 4.71. The summed E-state index contributed by atoms with van der Waals surface area (Å²) in [7, 11) is 0. The lowest BCUT2D eigenvalue weighted by Gasteiger charge is -2.28. The summed E-state index contributed by atoms with van der Waals surface area (Å²) >= 11 is 0. The van der Waals surface area contributed by atoms with Crippen molar-refractivity contribution < 1.29 is 9.90 Å². The van der Waals surface area contributed by atoms with E-state index >= 15 is 0 Å². The molecular weight excluding hydrogens is 286 g/mol. The lowest BCUT2D eigenvalue weighted by Crippen LogP contribution is -2.29. The molecule has 1 atom stereocenters. The van der Waals surface area contributed by atoms with Crippen molar-refractivity contribution in [1.29, 1.82) is 0 Å². The number of hydrogen-bond acceptors (Lipinski definition) is 2. The van der Waals surface area contributed by atoms with Crippen LogP contribution in [0.1, 0.15) is 73.7 Å². The van der Waals surface area contributed by atoms with Crippen molar-refractivity contribution in [2.45, 2.75) is 70.4 Å². The van der Waals surface area contributed by atoms with Gasteiger partial charge < -0.3 is 5.11 Å². The number of aromatic carboxylic acids is 1. The van der Waals surface area contributed by atoms with Gasteiger partial charge in [-0.3, -0.25) is 4.90 Å². The minimum Gasteiger partial charge on any atom is -0.478 e. The van der Waals surface area contributed by atoms with E-state index in [0.717, 1.165) is 18.5 Å². The largest absolute Gasteiger partial charge is 0.478 e. The Labute approximate surface area is 139 Å². The first kappa shape index (κ1) is 16.5. The molecule has 0 spiro atoms. The topological polar surface area (TPSA) is 40.5 Å². The van der Waals surface area contributed by atoms with Gasteiger partial charge in [0.2, 0.25) is 0 Å². The fraction of sp³-hybridized carbons (Fsp3) is 0.650. The monoisotopic (exact) mass is 315 g/mol. The highest BCUT2D eigenvalue weighted by Gasteiger charge is 2.25. The quantitative estimate of drug-likeness (QED) is 0.826. The van der Waals surface area contributed by atoms with E-state index < -0.39 is 5.97 Å². The van der Waals surface area contributed by atoms with E-state index in [0.29, 0.717) is 5.56 Å². The molecule has 1 aliphatic carbocycles. The molecule has 3 rings (SSSR count). The average Bonchev–Trinajstić information content (AvgIpc) is 3.01. The van der Waals surface area contributed by atoms with Gasteiger partial charge in [-0.05, 0) is 55.8 Å². The maximum atomic E-state index is 10.9. The highest BCUT2D eigenvalue weighted by atomic mass is 16.4. The van der Waals surface area contributed by atoms with Gasteiger partial charge in [-0.2, -0.15) is 0 Å². The fourth-order valence-electron chi connectivity index (χ4n) is 4.32. The van der Waals surface area contributed by atoms with Gasteiger partial charge in [0.25, 0.3) is 0 Å². The molecule has 1 N–H and O–H groups in total. The second-order valence-corrected chi connectivity index (χ2v) is 7.35. The summed E-state index contributed by atoms with van der Waals surface area (Å²) in [6.45, 7) is 2.16. The van der Waals surface area contributed by atoms with Crippen molar-refractivity contribution in [3.8, 4) is 0 Å². The Balaban J connectivity index is 1.50. The maximum absolute atomic E-state index is 10.9. The lowest BCUT2D eigenvalue weighted by atomic mass is 9.85. The highest BCUT2D eigenvalue weighted by molar-refractivity contribution is 5.87. The molecule has 23 heavy (non-hydrogen) atoms. The number of likely N-dealkylation sites (tertiary alicyclic amines) is 1. The third-order valence-electron chi connectivity index (χ3n) is 5.72. The van der Waals surface area contributed by atoms with Crippen LogP contribution >= 0.6 is 0 Å². The van der Waals surface area contributed by atoms with Crippen molar-refractivity contribution in [2.75, 3.05) is 6.54 Å². The number of rotatable bonds is 6. The molecule has 0 radical (unpaired) electrons. The molecule has 126 valence electrons. The van der Waals surface area contributed by atoms with Gasteiger partial charge in [0, 0.05) is 12.6 Å². The Kier molecular flexibility index (Phi) is 5.71. The zero-order valence-corrected chi connectivity index (χ0v) is 14.0. The number of nitrogens with zero attached hydrogens (tertiary/aromatic N) is 1. The summed E-state index contributed by atoms with van der Waals surface area (Å²) in [4.78, 5) is 13.5. The van der Waals surface area contributed by atoms with Crippen LogP contribution in [0, 0.1) is 5.92 Å². The maximum Gasteiger partial charge on any atom is 0.335 e. The van der Waals surface area contributed by atoms with E-state index in [4.69, 9.17) is 5.11 Å². The fourth-order valence-corrected chi connectivity index (χ4v) is 4.32. The van der Waals surface area contributed by atoms with Gasteiger partial charge in [0.15, 0.2) is 0 Å². The Bertz CT molecular complexity index is 505. The first-order valence-electron chi connectivity index (χ1n) is 9.28. The first-order chi connectivity index (χ1) is 11.2. The minimum absolute atomic E-state index is 0.379. The molecule has 1 aliphatic heterocycles. The number of carbonyl (C=O) groups is 1. The molecule has 0 aromatic heterocycles. The molecule has 1 aromatic carbocycles. The molecule has 2 fully saturated rings. The van der Waals surface area contributed by atoms with Crippen LogP contribution in [-0.4, -0.2) is 28.6 Å². The SMILES string of the molecule is O=C(O)c1ccc(CN2CCCC2CCC2CCCCC2)cc1. The highest BCUT2D eigenvalue weighted by Crippen LogP contribution is 2.31. The molecule has 1 aromatic rings. The standard InChI is InChI=1S/C20H29NO2/c22-20(23)18-11-8-17(9-12-18)15-21-14-4-7-19(21)13-10-16-5-2-1-3-6-16/h8-9,11-12,16,19H,1-7,10,13-15H2,(H,22,23). The predicted molar refractivity (Wildman–Crippen MR) is 92.6 cm³/mol. The number of carboxylic acids is 1. The van der Waals surface area contributed by atoms with Crippen LogP contribution in [-0.2, 0) is 6.54 Å². The van der Waals surface area contributed by atoms with Crippen LogP contribution in [0.5, 0.6) is 0 Å². The van der Waals surface area contributed by atoms with Crippen LogP contribution in [0.2, 0.25) is 0 Å². The lowest BCUT2D eigenvalue weighted by molar-refractivity contribution is 0.0697. The number of benzene rings is 1. The molecule has 1 heterocycles. The second-order valence-electron chi connectivity index (χ2n) is 7.35. The van der Waals surface area contributed by atoms with Crippen LogP contribution in [0.15, 0.2) is 24.3 Å². The molecule has 2 aliphatic rings. The van der Waals surface area contributed by atoms with Gasteiger partial charge in [0.1, 0.15) is 0 Å². The van der Waals surface area contributed by atoms with Crippen molar-refractivity contribution in [3.63, 3.8) is 0 Å². The van der Waals surface area contributed by atoms with E-state index in [1.54, 1.807) is 12.1 Å². The second kappa shape index (κ2) is 7.96. The van der Waals surface area contributed by atoms with Gasteiger partial charge in [-0.15, -0.1) is 0 Å². The van der Waals surface area contributed by atoms with E-state index in [1.165, 1.54) is 69.9 Å². The smallest absolute Gasteiger partial charge is 0.335 e. The van der Waals surface area contributed by atoms with Crippen molar-refractivity contribution in [3.05, 3.63) is 35.4 Å². The van der Waals surface area contributed by atoms with Gasteiger partial charge in [-0.1, -0.05) is 44.2 Å². The van der Waals surface area contributed by atoms with Gasteiger partial charge in [-0.25, -0.2) is 4.79 Å². The Morgan fingerprint density at radius 3 is 2.43 bits per heavy atom. The Hall–Kier alpha value is -1.35. The van der Waals surface area contributed by atoms with Crippen molar-refractivity contribution in [1.82, 2.24) is 4.90 Å². The molecule has 0 bridgehead atoms. The van der Waals surface area contributed by atoms with E-state index in [2.05, 4.69) is 4.90 Å². The molecule has 1 saturated heterocycles. The summed E-state index contributed by atoms with van der Waals surface area (Å²) in [6.07, 6.45) is 12.6. The first-order valence-corrected chi connectivity index (χ1v) is 9.28. The normalized spacial score (nSPS) is 23.2. The minimum atomic E-state index is -0.844. The third-order valence-corrected chi connectivity index (χ3v) is 5.72. The van der Waals surface area contributed by atoms with E-state index in [-0.39, 0.29) is 0 Å². The Morgan fingerprint density at radius 1 is 1.00 bits per heavy atom. The van der Waals surface area contributed by atoms with Gasteiger partial charge >= 0.3 is 5.97 Å². The average molecular weight is 315 g/mol. The number of hydrogen-bond donors (Lipinski definition) is 1. The number of carboxylic acid groups (broad SMARTS) is 1. The molecule has 1 unspecified atom stereocenters. The molecule has 1 saturated carbocycles.